The van der Waals surface area contributed by atoms with E-state index >= 15 is 0 Å². The number of benzene rings is 1. The lowest BCUT2D eigenvalue weighted by Crippen LogP contribution is -2.21. The van der Waals surface area contributed by atoms with E-state index in [0.29, 0.717) is 6.61 Å². The smallest absolute Gasteiger partial charge is 0.0664 e. The monoisotopic (exact) mass is 213 g/mol. The van der Waals surface area contributed by atoms with Crippen LogP contribution in [0.1, 0.15) is 13.8 Å². The molecular formula is C11H16ClNO. The minimum Gasteiger partial charge on any atom is -0.380 e. The third kappa shape index (κ3) is 3.56. The van der Waals surface area contributed by atoms with E-state index in [9.17, 15) is 0 Å². The second-order valence-electron chi connectivity index (χ2n) is 3.18. The zero-order valence-electron chi connectivity index (χ0n) is 8.59. The largest absolute Gasteiger partial charge is 0.380 e. The number of para-hydroxylation sites is 1. The first-order chi connectivity index (χ1) is 6.74. The van der Waals surface area contributed by atoms with Crippen molar-refractivity contribution in [1.29, 1.82) is 0 Å². The topological polar surface area (TPSA) is 21.3 Å². The molecule has 3 heteroatoms. The number of ether oxygens (including phenoxy) is 1. The highest BCUT2D eigenvalue weighted by Crippen LogP contribution is 2.21. The van der Waals surface area contributed by atoms with Crippen LogP contribution in [0.4, 0.5) is 5.69 Å². The molecule has 0 spiro atoms. The third-order valence-corrected chi connectivity index (χ3v) is 2.18. The minimum absolute atomic E-state index is 0.273. The summed E-state index contributed by atoms with van der Waals surface area (Å²) in [4.78, 5) is 0. The SMILES string of the molecule is CCOCC(C)Nc1ccccc1Cl. The standard InChI is InChI=1S/C11H16ClNO/c1-3-14-8-9(2)13-11-7-5-4-6-10(11)12/h4-7,9,13H,3,8H2,1-2H3. The first-order valence-corrected chi connectivity index (χ1v) is 5.20. The first kappa shape index (κ1) is 11.3. The van der Waals surface area contributed by atoms with Gasteiger partial charge >= 0.3 is 0 Å². The molecule has 0 amide bonds. The van der Waals surface area contributed by atoms with Gasteiger partial charge in [0, 0.05) is 12.6 Å². The van der Waals surface area contributed by atoms with E-state index in [-0.39, 0.29) is 6.04 Å². The quantitative estimate of drug-likeness (QED) is 0.811. The molecule has 1 aromatic rings. The average molecular weight is 214 g/mol. The van der Waals surface area contributed by atoms with Crippen molar-refractivity contribution in [2.24, 2.45) is 0 Å². The second-order valence-corrected chi connectivity index (χ2v) is 3.59. The third-order valence-electron chi connectivity index (χ3n) is 1.85. The van der Waals surface area contributed by atoms with Gasteiger partial charge in [-0.25, -0.2) is 0 Å². The lowest BCUT2D eigenvalue weighted by molar-refractivity contribution is 0.141. The van der Waals surface area contributed by atoms with Gasteiger partial charge in [0.05, 0.1) is 17.3 Å². The van der Waals surface area contributed by atoms with Crippen LogP contribution in [0.25, 0.3) is 0 Å². The molecule has 2 nitrogen and oxygen atoms in total. The van der Waals surface area contributed by atoms with E-state index in [1.54, 1.807) is 0 Å². The van der Waals surface area contributed by atoms with Crippen molar-refractivity contribution in [2.45, 2.75) is 19.9 Å². The number of rotatable bonds is 5. The van der Waals surface area contributed by atoms with E-state index < -0.39 is 0 Å². The van der Waals surface area contributed by atoms with Crippen LogP contribution in [0.3, 0.4) is 0 Å². The Bertz CT molecular complexity index is 278. The maximum absolute atomic E-state index is 6.00. The normalized spacial score (nSPS) is 12.5. The Hall–Kier alpha value is -0.730. The number of hydrogen-bond donors (Lipinski definition) is 1. The van der Waals surface area contributed by atoms with Gasteiger partial charge in [-0.1, -0.05) is 23.7 Å². The fraction of sp³-hybridized carbons (Fsp3) is 0.455. The fourth-order valence-electron chi connectivity index (χ4n) is 1.18. The van der Waals surface area contributed by atoms with Gasteiger partial charge in [0.2, 0.25) is 0 Å². The number of nitrogens with one attached hydrogen (secondary N) is 1. The number of hydrogen-bond acceptors (Lipinski definition) is 2. The van der Waals surface area contributed by atoms with Gasteiger partial charge in [-0.15, -0.1) is 0 Å². The van der Waals surface area contributed by atoms with Crippen LogP contribution >= 0.6 is 11.6 Å². The molecule has 0 bridgehead atoms. The maximum atomic E-state index is 6.00. The van der Waals surface area contributed by atoms with Crippen LogP contribution < -0.4 is 5.32 Å². The zero-order valence-corrected chi connectivity index (χ0v) is 9.34. The van der Waals surface area contributed by atoms with Crippen LogP contribution in [0.15, 0.2) is 24.3 Å². The van der Waals surface area contributed by atoms with Crippen LogP contribution in [0, 0.1) is 0 Å². The van der Waals surface area contributed by atoms with Crippen molar-refractivity contribution >= 4 is 17.3 Å². The van der Waals surface area contributed by atoms with Gasteiger partial charge < -0.3 is 10.1 Å². The molecule has 1 aromatic carbocycles. The van der Waals surface area contributed by atoms with Crippen LogP contribution in [0.2, 0.25) is 5.02 Å². The summed E-state index contributed by atoms with van der Waals surface area (Å²) in [7, 11) is 0. The summed E-state index contributed by atoms with van der Waals surface area (Å²) in [6, 6.07) is 7.99. The van der Waals surface area contributed by atoms with Crippen LogP contribution in [-0.4, -0.2) is 19.3 Å². The van der Waals surface area contributed by atoms with E-state index in [2.05, 4.69) is 12.2 Å². The lowest BCUT2D eigenvalue weighted by atomic mass is 10.3. The van der Waals surface area contributed by atoms with Crippen molar-refractivity contribution < 1.29 is 4.74 Å². The maximum Gasteiger partial charge on any atom is 0.0664 e. The summed E-state index contributed by atoms with van der Waals surface area (Å²) >= 11 is 6.00. The molecule has 78 valence electrons. The van der Waals surface area contributed by atoms with Crippen molar-refractivity contribution in [3.8, 4) is 0 Å². The van der Waals surface area contributed by atoms with Gasteiger partial charge in [-0.2, -0.15) is 0 Å². The molecule has 0 aromatic heterocycles. The van der Waals surface area contributed by atoms with Gasteiger partial charge in [0.25, 0.3) is 0 Å². The molecular weight excluding hydrogens is 198 g/mol. The van der Waals surface area contributed by atoms with Crippen molar-refractivity contribution in [3.05, 3.63) is 29.3 Å². The van der Waals surface area contributed by atoms with Gasteiger partial charge in [0.1, 0.15) is 0 Å². The van der Waals surface area contributed by atoms with Crippen molar-refractivity contribution in [2.75, 3.05) is 18.5 Å². The predicted molar refractivity (Wildman–Crippen MR) is 61.0 cm³/mol. The van der Waals surface area contributed by atoms with Crippen molar-refractivity contribution in [1.82, 2.24) is 0 Å². The molecule has 0 saturated heterocycles. The molecule has 0 aliphatic heterocycles. The molecule has 0 aliphatic carbocycles. The van der Waals surface area contributed by atoms with E-state index in [4.69, 9.17) is 16.3 Å². The molecule has 14 heavy (non-hydrogen) atoms. The number of anilines is 1. The molecule has 0 aliphatic rings. The molecule has 1 unspecified atom stereocenters. The first-order valence-electron chi connectivity index (χ1n) is 4.83. The zero-order chi connectivity index (χ0) is 10.4. The van der Waals surface area contributed by atoms with Gasteiger partial charge in [-0.3, -0.25) is 0 Å². The Morgan fingerprint density at radius 3 is 2.79 bits per heavy atom. The Balaban J connectivity index is 2.47. The lowest BCUT2D eigenvalue weighted by Gasteiger charge is -2.15. The molecule has 0 radical (unpaired) electrons. The molecule has 1 N–H and O–H groups in total. The van der Waals surface area contributed by atoms with E-state index in [0.717, 1.165) is 17.3 Å². The van der Waals surface area contributed by atoms with E-state index in [1.807, 2.05) is 31.2 Å². The van der Waals surface area contributed by atoms with Crippen LogP contribution in [0.5, 0.6) is 0 Å². The highest BCUT2D eigenvalue weighted by molar-refractivity contribution is 6.33. The second kappa shape index (κ2) is 5.89. The summed E-state index contributed by atoms with van der Waals surface area (Å²) in [5.74, 6) is 0. The summed E-state index contributed by atoms with van der Waals surface area (Å²) in [5, 5.41) is 4.03. The summed E-state index contributed by atoms with van der Waals surface area (Å²) in [5.41, 5.74) is 0.960. The molecule has 0 heterocycles. The summed E-state index contributed by atoms with van der Waals surface area (Å²) in [6.07, 6.45) is 0. The molecule has 0 saturated carbocycles. The van der Waals surface area contributed by atoms with Gasteiger partial charge in [0.15, 0.2) is 0 Å². The summed E-state index contributed by atoms with van der Waals surface area (Å²) < 4.78 is 5.30. The predicted octanol–water partition coefficient (Wildman–Crippen LogP) is 3.18. The highest BCUT2D eigenvalue weighted by atomic mass is 35.5. The molecule has 1 rings (SSSR count). The van der Waals surface area contributed by atoms with Gasteiger partial charge in [-0.05, 0) is 26.0 Å². The fourth-order valence-corrected chi connectivity index (χ4v) is 1.37. The van der Waals surface area contributed by atoms with Crippen LogP contribution in [-0.2, 0) is 4.74 Å². The minimum atomic E-state index is 0.273. The average Bonchev–Trinajstić information content (AvgIpc) is 2.18. The Labute approximate surface area is 90.2 Å². The Morgan fingerprint density at radius 2 is 2.14 bits per heavy atom. The number of halogens is 1. The molecule has 1 atom stereocenters. The highest BCUT2D eigenvalue weighted by Gasteiger charge is 2.03. The molecule has 0 fully saturated rings. The Morgan fingerprint density at radius 1 is 1.43 bits per heavy atom. The Kier molecular flexibility index (Phi) is 4.77. The van der Waals surface area contributed by atoms with E-state index in [1.165, 1.54) is 0 Å². The summed E-state index contributed by atoms with van der Waals surface area (Å²) in [6.45, 7) is 5.50. The van der Waals surface area contributed by atoms with Crippen molar-refractivity contribution in [3.63, 3.8) is 0 Å².